The number of aliphatic imine (C=N–C) groups is 1. The maximum atomic E-state index is 5.78. The van der Waals surface area contributed by atoms with Crippen molar-refractivity contribution in [1.82, 2.24) is 20.4 Å². The molecule has 0 bridgehead atoms. The first-order chi connectivity index (χ1) is 9.95. The molecule has 2 N–H and O–H groups in total. The van der Waals surface area contributed by atoms with Gasteiger partial charge < -0.3 is 15.4 Å². The SMILES string of the molecule is CN=C(NCc1c(C)nn(C)c1C)NCC1(C)CCCO1. The van der Waals surface area contributed by atoms with Gasteiger partial charge in [-0.25, -0.2) is 0 Å². The first-order valence-electron chi connectivity index (χ1n) is 7.53. The molecule has 0 radical (unpaired) electrons. The molecular weight excluding hydrogens is 266 g/mol. The summed E-state index contributed by atoms with van der Waals surface area (Å²) in [4.78, 5) is 4.27. The largest absolute Gasteiger partial charge is 0.373 e. The summed E-state index contributed by atoms with van der Waals surface area (Å²) in [5.41, 5.74) is 3.40. The van der Waals surface area contributed by atoms with Crippen LogP contribution in [0.25, 0.3) is 0 Å². The van der Waals surface area contributed by atoms with E-state index in [1.807, 2.05) is 18.7 Å². The Kier molecular flexibility index (Phi) is 4.88. The van der Waals surface area contributed by atoms with Crippen LogP contribution in [0.3, 0.4) is 0 Å². The highest BCUT2D eigenvalue weighted by atomic mass is 16.5. The molecule has 1 atom stereocenters. The van der Waals surface area contributed by atoms with Crippen LogP contribution in [-0.4, -0.2) is 41.5 Å². The van der Waals surface area contributed by atoms with Gasteiger partial charge in [-0.1, -0.05) is 0 Å². The number of guanidine groups is 1. The topological polar surface area (TPSA) is 63.5 Å². The van der Waals surface area contributed by atoms with Crippen molar-refractivity contribution in [3.8, 4) is 0 Å². The summed E-state index contributed by atoms with van der Waals surface area (Å²) in [6, 6.07) is 0. The van der Waals surface area contributed by atoms with E-state index in [4.69, 9.17) is 4.74 Å². The zero-order valence-corrected chi connectivity index (χ0v) is 13.8. The average molecular weight is 293 g/mol. The summed E-state index contributed by atoms with van der Waals surface area (Å²) in [5.74, 6) is 0.800. The second-order valence-electron chi connectivity index (χ2n) is 5.95. The lowest BCUT2D eigenvalue weighted by Gasteiger charge is -2.24. The number of rotatable bonds is 4. The number of ether oxygens (including phenoxy) is 1. The maximum Gasteiger partial charge on any atom is 0.191 e. The number of aromatic nitrogens is 2. The van der Waals surface area contributed by atoms with Gasteiger partial charge in [0, 0.05) is 45.0 Å². The van der Waals surface area contributed by atoms with Crippen molar-refractivity contribution in [2.24, 2.45) is 12.0 Å². The van der Waals surface area contributed by atoms with Crippen LogP contribution in [0.4, 0.5) is 0 Å². The van der Waals surface area contributed by atoms with Gasteiger partial charge in [-0.05, 0) is 33.6 Å². The fraction of sp³-hybridized carbons (Fsp3) is 0.733. The first kappa shape index (κ1) is 15.8. The molecule has 6 nitrogen and oxygen atoms in total. The summed E-state index contributed by atoms with van der Waals surface area (Å²) in [6.07, 6.45) is 2.23. The average Bonchev–Trinajstić information content (AvgIpc) is 2.98. The minimum atomic E-state index is -0.0717. The van der Waals surface area contributed by atoms with Gasteiger partial charge >= 0.3 is 0 Å². The second-order valence-corrected chi connectivity index (χ2v) is 5.95. The van der Waals surface area contributed by atoms with Crippen LogP contribution in [0.2, 0.25) is 0 Å². The van der Waals surface area contributed by atoms with Crippen molar-refractivity contribution in [1.29, 1.82) is 0 Å². The quantitative estimate of drug-likeness (QED) is 0.648. The van der Waals surface area contributed by atoms with E-state index in [0.717, 1.165) is 44.2 Å². The Balaban J connectivity index is 1.88. The summed E-state index contributed by atoms with van der Waals surface area (Å²) in [6.45, 7) is 8.63. The Morgan fingerprint density at radius 3 is 2.71 bits per heavy atom. The zero-order valence-electron chi connectivity index (χ0n) is 13.8. The van der Waals surface area contributed by atoms with E-state index in [-0.39, 0.29) is 5.60 Å². The van der Waals surface area contributed by atoms with E-state index < -0.39 is 0 Å². The summed E-state index contributed by atoms with van der Waals surface area (Å²) in [7, 11) is 3.76. The molecule has 1 unspecified atom stereocenters. The van der Waals surface area contributed by atoms with Crippen molar-refractivity contribution in [3.63, 3.8) is 0 Å². The van der Waals surface area contributed by atoms with Crippen LogP contribution < -0.4 is 10.6 Å². The smallest absolute Gasteiger partial charge is 0.191 e. The highest BCUT2D eigenvalue weighted by molar-refractivity contribution is 5.79. The van der Waals surface area contributed by atoms with Crippen molar-refractivity contribution >= 4 is 5.96 Å². The molecule has 1 aromatic rings. The number of hydrogen-bond donors (Lipinski definition) is 2. The Hall–Kier alpha value is -1.56. The van der Waals surface area contributed by atoms with Gasteiger partial charge in [0.1, 0.15) is 0 Å². The predicted molar refractivity (Wildman–Crippen MR) is 84.5 cm³/mol. The Bertz CT molecular complexity index is 514. The van der Waals surface area contributed by atoms with Crippen LogP contribution in [0.15, 0.2) is 4.99 Å². The molecule has 0 spiro atoms. The van der Waals surface area contributed by atoms with Crippen molar-refractivity contribution in [2.75, 3.05) is 20.2 Å². The highest BCUT2D eigenvalue weighted by Gasteiger charge is 2.29. The molecule has 0 aromatic carbocycles. The van der Waals surface area contributed by atoms with Crippen LogP contribution in [-0.2, 0) is 18.3 Å². The van der Waals surface area contributed by atoms with Crippen LogP contribution in [0, 0.1) is 13.8 Å². The molecule has 0 amide bonds. The molecule has 1 aliphatic rings. The lowest BCUT2D eigenvalue weighted by molar-refractivity contribution is 0.0243. The molecule has 118 valence electrons. The molecule has 21 heavy (non-hydrogen) atoms. The van der Waals surface area contributed by atoms with E-state index >= 15 is 0 Å². The van der Waals surface area contributed by atoms with Gasteiger partial charge in [-0.3, -0.25) is 9.67 Å². The fourth-order valence-corrected chi connectivity index (χ4v) is 2.71. The minimum Gasteiger partial charge on any atom is -0.373 e. The molecular formula is C15H27N5O. The van der Waals surface area contributed by atoms with Gasteiger partial charge in [0.05, 0.1) is 11.3 Å². The normalized spacial score (nSPS) is 22.6. The summed E-state index contributed by atoms with van der Waals surface area (Å²) < 4.78 is 7.69. The van der Waals surface area contributed by atoms with Gasteiger partial charge in [0.15, 0.2) is 5.96 Å². The minimum absolute atomic E-state index is 0.0717. The van der Waals surface area contributed by atoms with Crippen LogP contribution in [0.1, 0.15) is 36.7 Å². The molecule has 1 aliphatic heterocycles. The number of hydrogen-bond acceptors (Lipinski definition) is 3. The molecule has 0 saturated carbocycles. The van der Waals surface area contributed by atoms with E-state index in [1.54, 1.807) is 7.05 Å². The van der Waals surface area contributed by atoms with E-state index in [2.05, 4.69) is 34.6 Å². The van der Waals surface area contributed by atoms with Crippen molar-refractivity contribution in [3.05, 3.63) is 17.0 Å². The first-order valence-corrected chi connectivity index (χ1v) is 7.53. The number of nitrogens with zero attached hydrogens (tertiary/aromatic N) is 3. The van der Waals surface area contributed by atoms with Gasteiger partial charge in [0.2, 0.25) is 0 Å². The molecule has 1 fully saturated rings. The fourth-order valence-electron chi connectivity index (χ4n) is 2.71. The Morgan fingerprint density at radius 2 is 2.19 bits per heavy atom. The molecule has 2 heterocycles. The second kappa shape index (κ2) is 6.47. The third kappa shape index (κ3) is 3.75. The molecule has 2 rings (SSSR count). The van der Waals surface area contributed by atoms with Crippen molar-refractivity contribution in [2.45, 2.75) is 45.8 Å². The lowest BCUT2D eigenvalue weighted by atomic mass is 10.0. The maximum absolute atomic E-state index is 5.78. The monoisotopic (exact) mass is 293 g/mol. The predicted octanol–water partition coefficient (Wildman–Crippen LogP) is 1.27. The van der Waals surface area contributed by atoms with Gasteiger partial charge in [-0.15, -0.1) is 0 Å². The molecule has 1 aromatic heterocycles. The number of nitrogens with one attached hydrogen (secondary N) is 2. The summed E-state index contributed by atoms with van der Waals surface area (Å²) >= 11 is 0. The Labute approximate surface area is 127 Å². The van der Waals surface area contributed by atoms with Crippen molar-refractivity contribution < 1.29 is 4.74 Å². The molecule has 0 aliphatic carbocycles. The van der Waals surface area contributed by atoms with Crippen LogP contribution in [0.5, 0.6) is 0 Å². The Morgan fingerprint density at radius 1 is 1.43 bits per heavy atom. The van der Waals surface area contributed by atoms with Crippen LogP contribution >= 0.6 is 0 Å². The van der Waals surface area contributed by atoms with E-state index in [0.29, 0.717) is 0 Å². The zero-order chi connectivity index (χ0) is 15.5. The highest BCUT2D eigenvalue weighted by Crippen LogP contribution is 2.23. The van der Waals surface area contributed by atoms with E-state index in [9.17, 15) is 0 Å². The van der Waals surface area contributed by atoms with Gasteiger partial charge in [-0.2, -0.15) is 5.10 Å². The third-order valence-electron chi connectivity index (χ3n) is 4.25. The van der Waals surface area contributed by atoms with Gasteiger partial charge in [0.25, 0.3) is 0 Å². The summed E-state index contributed by atoms with van der Waals surface area (Å²) in [5, 5.41) is 11.1. The molecule has 6 heteroatoms. The molecule has 1 saturated heterocycles. The number of aryl methyl sites for hydroxylation is 2. The third-order valence-corrected chi connectivity index (χ3v) is 4.25. The standard InChI is InChI=1S/C15H27N5O/c1-11-13(12(2)20(5)19-11)9-17-14(16-4)18-10-15(3)7-6-8-21-15/h6-10H2,1-5H3,(H2,16,17,18). The lowest BCUT2D eigenvalue weighted by Crippen LogP contribution is -2.45. The van der Waals surface area contributed by atoms with E-state index in [1.165, 1.54) is 11.3 Å².